The van der Waals surface area contributed by atoms with Crippen LogP contribution in [0.3, 0.4) is 0 Å². The number of aryl methyl sites for hydroxylation is 1. The van der Waals surface area contributed by atoms with Gasteiger partial charge in [-0.25, -0.2) is 0 Å². The lowest BCUT2D eigenvalue weighted by atomic mass is 10.1. The third-order valence-corrected chi connectivity index (χ3v) is 3.41. The van der Waals surface area contributed by atoms with Crippen molar-refractivity contribution in [3.63, 3.8) is 0 Å². The summed E-state index contributed by atoms with van der Waals surface area (Å²) in [6.45, 7) is 4.79. The molecule has 1 aliphatic rings. The Morgan fingerprint density at radius 1 is 1.41 bits per heavy atom. The van der Waals surface area contributed by atoms with E-state index >= 15 is 0 Å². The van der Waals surface area contributed by atoms with Gasteiger partial charge in [-0.2, -0.15) is 5.26 Å². The van der Waals surface area contributed by atoms with Crippen LogP contribution in [0.2, 0.25) is 0 Å². The van der Waals surface area contributed by atoms with Gasteiger partial charge in [-0.3, -0.25) is 0 Å². The Morgan fingerprint density at radius 2 is 2.06 bits per heavy atom. The molecule has 0 spiro atoms. The average molecular weight is 227 g/mol. The maximum absolute atomic E-state index is 8.99. The number of nitrogens with zero attached hydrogens (tertiary/aromatic N) is 2. The molecule has 0 radical (unpaired) electrons. The van der Waals surface area contributed by atoms with Gasteiger partial charge in [0.2, 0.25) is 0 Å². The Hall–Kier alpha value is -1.95. The quantitative estimate of drug-likeness (QED) is 0.842. The molecule has 17 heavy (non-hydrogen) atoms. The number of benzene rings is 1. The van der Waals surface area contributed by atoms with Gasteiger partial charge in [0.15, 0.2) is 0 Å². The number of anilines is 1. The molecule has 0 fully saturated rings. The minimum Gasteiger partial charge on any atom is -0.399 e. The highest BCUT2D eigenvalue weighted by Crippen LogP contribution is 2.27. The van der Waals surface area contributed by atoms with E-state index < -0.39 is 0 Å². The normalized spacial score (nSPS) is 19.6. The number of hydrogen-bond acceptors (Lipinski definition) is 3. The van der Waals surface area contributed by atoms with Gasteiger partial charge in [0, 0.05) is 11.4 Å². The Balaban J connectivity index is 2.23. The molecule has 1 aromatic rings. The monoisotopic (exact) mass is 227 g/mol. The molecule has 0 saturated carbocycles. The second-order valence-corrected chi connectivity index (χ2v) is 4.37. The van der Waals surface area contributed by atoms with E-state index in [9.17, 15) is 0 Å². The lowest BCUT2D eigenvalue weighted by Crippen LogP contribution is -2.31. The Labute approximate surface area is 102 Å². The summed E-state index contributed by atoms with van der Waals surface area (Å²) in [5.41, 5.74) is 9.77. The maximum atomic E-state index is 8.99. The molecule has 3 heteroatoms. The number of nitrogens with two attached hydrogens (primary N) is 1. The van der Waals surface area contributed by atoms with E-state index in [0.29, 0.717) is 17.8 Å². The lowest BCUT2D eigenvalue weighted by Gasteiger charge is -2.24. The van der Waals surface area contributed by atoms with Crippen molar-refractivity contribution in [1.82, 2.24) is 0 Å². The number of rotatable bonds is 2. The number of hydrogen-bond donors (Lipinski definition) is 1. The summed E-state index contributed by atoms with van der Waals surface area (Å²) in [6.07, 6.45) is 1.04. The van der Waals surface area contributed by atoms with Gasteiger partial charge in [-0.1, -0.05) is 19.1 Å². The van der Waals surface area contributed by atoms with Gasteiger partial charge in [0.25, 0.3) is 0 Å². The molecule has 3 nitrogen and oxygen atoms in total. The second kappa shape index (κ2) is 4.50. The largest absolute Gasteiger partial charge is 0.399 e. The molecule has 0 bridgehead atoms. The van der Waals surface area contributed by atoms with Crippen LogP contribution >= 0.6 is 0 Å². The fourth-order valence-corrected chi connectivity index (χ4v) is 2.16. The molecule has 1 aromatic carbocycles. The van der Waals surface area contributed by atoms with Crippen LogP contribution in [0.15, 0.2) is 35.5 Å². The first kappa shape index (κ1) is 11.5. The lowest BCUT2D eigenvalue weighted by molar-refractivity contribution is 0.787. The van der Waals surface area contributed by atoms with Gasteiger partial charge in [-0.15, -0.1) is 0 Å². The zero-order valence-electron chi connectivity index (χ0n) is 10.3. The standard InChI is InChI=1S/C14H17N3/c1-3-11-4-6-13(7-5-11)17-9-12(8-15)14(16)10(17)2/h4-7,10H,3,9,16H2,1-2H3. The molecule has 0 amide bonds. The summed E-state index contributed by atoms with van der Waals surface area (Å²) < 4.78 is 0. The van der Waals surface area contributed by atoms with E-state index in [1.165, 1.54) is 5.56 Å². The second-order valence-electron chi connectivity index (χ2n) is 4.37. The van der Waals surface area contributed by atoms with Crippen LogP contribution in [0.4, 0.5) is 5.69 Å². The third kappa shape index (κ3) is 1.99. The van der Waals surface area contributed by atoms with Crippen molar-refractivity contribution in [1.29, 1.82) is 5.26 Å². The fraction of sp³-hybridized carbons (Fsp3) is 0.357. The SMILES string of the molecule is CCc1ccc(N2CC(C#N)=C(N)C2C)cc1. The summed E-state index contributed by atoms with van der Waals surface area (Å²) in [4.78, 5) is 2.16. The van der Waals surface area contributed by atoms with Crippen LogP contribution in [0, 0.1) is 11.3 Å². The summed E-state index contributed by atoms with van der Waals surface area (Å²) in [6, 6.07) is 10.7. The maximum Gasteiger partial charge on any atom is 0.0985 e. The van der Waals surface area contributed by atoms with E-state index in [1.807, 2.05) is 6.92 Å². The van der Waals surface area contributed by atoms with Crippen molar-refractivity contribution in [2.45, 2.75) is 26.3 Å². The molecule has 0 aliphatic carbocycles. The van der Waals surface area contributed by atoms with E-state index in [2.05, 4.69) is 42.2 Å². The Bertz CT molecular complexity index is 479. The molecule has 88 valence electrons. The van der Waals surface area contributed by atoms with Gasteiger partial charge in [0.05, 0.1) is 24.2 Å². The van der Waals surface area contributed by atoms with Crippen LogP contribution < -0.4 is 10.6 Å². The van der Waals surface area contributed by atoms with Crippen molar-refractivity contribution in [2.24, 2.45) is 5.73 Å². The predicted octanol–water partition coefficient (Wildman–Crippen LogP) is 2.19. The summed E-state index contributed by atoms with van der Waals surface area (Å²) in [5, 5.41) is 8.99. The summed E-state index contributed by atoms with van der Waals surface area (Å²) in [5.74, 6) is 0. The molecule has 0 aromatic heterocycles. The predicted molar refractivity (Wildman–Crippen MR) is 69.5 cm³/mol. The topological polar surface area (TPSA) is 53.0 Å². The van der Waals surface area contributed by atoms with E-state index in [4.69, 9.17) is 11.0 Å². The zero-order valence-corrected chi connectivity index (χ0v) is 10.3. The third-order valence-electron chi connectivity index (χ3n) is 3.41. The summed E-state index contributed by atoms with van der Waals surface area (Å²) >= 11 is 0. The smallest absolute Gasteiger partial charge is 0.0985 e. The van der Waals surface area contributed by atoms with Gasteiger partial charge >= 0.3 is 0 Å². The average Bonchev–Trinajstić information content (AvgIpc) is 2.66. The molecule has 2 rings (SSSR count). The highest BCUT2D eigenvalue weighted by Gasteiger charge is 2.27. The molecule has 2 N–H and O–H groups in total. The molecular weight excluding hydrogens is 210 g/mol. The fourth-order valence-electron chi connectivity index (χ4n) is 2.16. The molecule has 1 aliphatic heterocycles. The minimum absolute atomic E-state index is 0.108. The van der Waals surface area contributed by atoms with E-state index in [-0.39, 0.29) is 6.04 Å². The van der Waals surface area contributed by atoms with Gasteiger partial charge in [-0.05, 0) is 31.0 Å². The zero-order chi connectivity index (χ0) is 12.4. The molecule has 1 heterocycles. The van der Waals surface area contributed by atoms with Crippen molar-refractivity contribution in [3.05, 3.63) is 41.1 Å². The highest BCUT2D eigenvalue weighted by atomic mass is 15.2. The van der Waals surface area contributed by atoms with Gasteiger partial charge in [0.1, 0.15) is 0 Å². The van der Waals surface area contributed by atoms with Crippen molar-refractivity contribution in [2.75, 3.05) is 11.4 Å². The molecule has 1 atom stereocenters. The first-order chi connectivity index (χ1) is 8.17. The van der Waals surface area contributed by atoms with Crippen molar-refractivity contribution < 1.29 is 0 Å². The van der Waals surface area contributed by atoms with E-state index in [0.717, 1.165) is 12.1 Å². The first-order valence-corrected chi connectivity index (χ1v) is 5.91. The molecular formula is C14H17N3. The molecule has 1 unspecified atom stereocenters. The van der Waals surface area contributed by atoms with Crippen LogP contribution in [-0.2, 0) is 6.42 Å². The number of nitriles is 1. The van der Waals surface area contributed by atoms with Crippen LogP contribution in [0.5, 0.6) is 0 Å². The van der Waals surface area contributed by atoms with Crippen LogP contribution in [0.1, 0.15) is 19.4 Å². The van der Waals surface area contributed by atoms with E-state index in [1.54, 1.807) is 0 Å². The Morgan fingerprint density at radius 3 is 2.53 bits per heavy atom. The van der Waals surface area contributed by atoms with Crippen LogP contribution in [0.25, 0.3) is 0 Å². The van der Waals surface area contributed by atoms with Crippen LogP contribution in [-0.4, -0.2) is 12.6 Å². The van der Waals surface area contributed by atoms with Gasteiger partial charge < -0.3 is 10.6 Å². The van der Waals surface area contributed by atoms with Crippen molar-refractivity contribution >= 4 is 5.69 Å². The van der Waals surface area contributed by atoms with Crippen molar-refractivity contribution in [3.8, 4) is 6.07 Å². The summed E-state index contributed by atoms with van der Waals surface area (Å²) in [7, 11) is 0. The molecule has 0 saturated heterocycles. The minimum atomic E-state index is 0.108. The first-order valence-electron chi connectivity index (χ1n) is 5.91. The highest BCUT2D eigenvalue weighted by molar-refractivity contribution is 5.57. The Kier molecular flexibility index (Phi) is 3.06.